The van der Waals surface area contributed by atoms with Crippen LogP contribution in [0, 0.1) is 5.92 Å². The lowest BCUT2D eigenvalue weighted by atomic mass is 9.95. The fraction of sp³-hybridized carbons (Fsp3) is 0.333. The lowest BCUT2D eigenvalue weighted by molar-refractivity contribution is 0.105. The average molecular weight is 259 g/mol. The van der Waals surface area contributed by atoms with Crippen LogP contribution in [0.5, 0.6) is 0 Å². The third kappa shape index (κ3) is 3.06. The van der Waals surface area contributed by atoms with Crippen molar-refractivity contribution in [2.75, 3.05) is 0 Å². The first kappa shape index (κ1) is 13.2. The Morgan fingerprint density at radius 2 is 1.81 bits per heavy atom. The maximum absolute atomic E-state index is 11.3. The van der Waals surface area contributed by atoms with Gasteiger partial charge in [0.2, 0.25) is 0 Å². The van der Waals surface area contributed by atoms with E-state index in [0.29, 0.717) is 12.3 Å². The van der Waals surface area contributed by atoms with Crippen LogP contribution in [-0.2, 0) is 6.42 Å². The lowest BCUT2D eigenvalue weighted by Crippen LogP contribution is -2.07. The van der Waals surface area contributed by atoms with Crippen molar-refractivity contribution in [3.8, 4) is 0 Å². The van der Waals surface area contributed by atoms with Gasteiger partial charge in [0.25, 0.3) is 10.5 Å². The first-order valence-electron chi connectivity index (χ1n) is 4.95. The zero-order chi connectivity index (χ0) is 12.3. The number of halogens is 2. The Bertz CT molecular complexity index is 425. The Balaban J connectivity index is 3.32. The molecule has 1 rings (SSSR count). The molecule has 0 aliphatic rings. The number of carbonyl (C=O) groups is 2. The molecule has 0 atom stereocenters. The highest BCUT2D eigenvalue weighted by Gasteiger charge is 2.18. The van der Waals surface area contributed by atoms with Gasteiger partial charge in [0.15, 0.2) is 0 Å². The van der Waals surface area contributed by atoms with Crippen LogP contribution in [0.4, 0.5) is 0 Å². The smallest absolute Gasteiger partial charge is 0.253 e. The van der Waals surface area contributed by atoms with E-state index in [1.807, 2.05) is 13.8 Å². The number of hydrogen-bond donors (Lipinski definition) is 0. The molecule has 0 saturated heterocycles. The summed E-state index contributed by atoms with van der Waals surface area (Å²) in [5.41, 5.74) is 1.18. The predicted octanol–water partition coefficient (Wildman–Crippen LogP) is 3.64. The normalized spacial score (nSPS) is 10.6. The molecule has 2 nitrogen and oxygen atoms in total. The minimum atomic E-state index is -0.658. The van der Waals surface area contributed by atoms with E-state index in [4.69, 9.17) is 23.2 Å². The van der Waals surface area contributed by atoms with E-state index in [1.165, 1.54) is 6.07 Å². The molecular formula is C12H12Cl2O2. The summed E-state index contributed by atoms with van der Waals surface area (Å²) in [7, 11) is 0. The Labute approximate surface area is 105 Å². The van der Waals surface area contributed by atoms with Crippen LogP contribution in [0.1, 0.15) is 40.1 Å². The maximum atomic E-state index is 11.3. The van der Waals surface area contributed by atoms with E-state index in [1.54, 1.807) is 12.1 Å². The highest BCUT2D eigenvalue weighted by atomic mass is 35.5. The molecule has 0 spiro atoms. The molecule has 86 valence electrons. The van der Waals surface area contributed by atoms with Gasteiger partial charge in [0.1, 0.15) is 0 Å². The zero-order valence-electron chi connectivity index (χ0n) is 9.09. The van der Waals surface area contributed by atoms with E-state index in [9.17, 15) is 9.59 Å². The van der Waals surface area contributed by atoms with E-state index >= 15 is 0 Å². The second-order valence-corrected chi connectivity index (χ2v) is 4.67. The van der Waals surface area contributed by atoms with Crippen LogP contribution in [0.15, 0.2) is 18.2 Å². The molecule has 1 aromatic carbocycles. The average Bonchev–Trinajstić information content (AvgIpc) is 2.15. The number of rotatable bonds is 4. The molecule has 1 aromatic rings. The minimum absolute atomic E-state index is 0.180. The molecule has 0 N–H and O–H groups in total. The van der Waals surface area contributed by atoms with E-state index in [0.717, 1.165) is 5.56 Å². The number of carbonyl (C=O) groups excluding carboxylic acids is 2. The van der Waals surface area contributed by atoms with Crippen LogP contribution in [0.3, 0.4) is 0 Å². The molecule has 0 bridgehead atoms. The Morgan fingerprint density at radius 3 is 2.25 bits per heavy atom. The summed E-state index contributed by atoms with van der Waals surface area (Å²) in [6, 6.07) is 5.00. The molecule has 0 amide bonds. The summed E-state index contributed by atoms with van der Waals surface area (Å²) in [6.07, 6.45) is 0.686. The Kier molecular flexibility index (Phi) is 4.51. The summed E-state index contributed by atoms with van der Waals surface area (Å²) < 4.78 is 0. The van der Waals surface area contributed by atoms with Crippen molar-refractivity contribution in [2.45, 2.75) is 20.3 Å². The highest BCUT2D eigenvalue weighted by molar-refractivity contribution is 6.72. The van der Waals surface area contributed by atoms with E-state index < -0.39 is 10.5 Å². The van der Waals surface area contributed by atoms with Crippen LogP contribution >= 0.6 is 23.2 Å². The van der Waals surface area contributed by atoms with Crippen molar-refractivity contribution in [1.29, 1.82) is 0 Å². The Hall–Kier alpha value is -0.860. The number of benzene rings is 1. The standard InChI is InChI=1S/C12H12Cl2O2/c1-7(2)6-8-4-3-5-9(11(13)15)10(8)12(14)16/h3-5,7H,6H2,1-2H3. The van der Waals surface area contributed by atoms with Gasteiger partial charge in [-0.05, 0) is 47.2 Å². The fourth-order valence-corrected chi connectivity index (χ4v) is 1.99. The zero-order valence-corrected chi connectivity index (χ0v) is 10.6. The van der Waals surface area contributed by atoms with Gasteiger partial charge in [0.05, 0.1) is 0 Å². The minimum Gasteiger partial charge on any atom is -0.276 e. The lowest BCUT2D eigenvalue weighted by Gasteiger charge is -2.11. The van der Waals surface area contributed by atoms with Gasteiger partial charge in [-0.15, -0.1) is 0 Å². The molecule has 0 radical (unpaired) electrons. The molecule has 0 heterocycles. The summed E-state index contributed by atoms with van der Waals surface area (Å²) in [5.74, 6) is 0.371. The van der Waals surface area contributed by atoms with Crippen molar-refractivity contribution >= 4 is 33.7 Å². The second-order valence-electron chi connectivity index (χ2n) is 3.99. The van der Waals surface area contributed by atoms with Crippen molar-refractivity contribution < 1.29 is 9.59 Å². The topological polar surface area (TPSA) is 34.1 Å². The molecule has 4 heteroatoms. The quantitative estimate of drug-likeness (QED) is 0.773. The van der Waals surface area contributed by atoms with Crippen LogP contribution in [-0.4, -0.2) is 10.5 Å². The molecule has 0 saturated carbocycles. The third-order valence-electron chi connectivity index (χ3n) is 2.19. The van der Waals surface area contributed by atoms with E-state index in [-0.39, 0.29) is 11.1 Å². The molecule has 0 aliphatic heterocycles. The van der Waals surface area contributed by atoms with Crippen molar-refractivity contribution in [2.24, 2.45) is 5.92 Å². The van der Waals surface area contributed by atoms with Gasteiger partial charge in [-0.3, -0.25) is 9.59 Å². The SMILES string of the molecule is CC(C)Cc1cccc(C(=O)Cl)c1C(=O)Cl. The monoisotopic (exact) mass is 258 g/mol. The fourth-order valence-electron chi connectivity index (χ4n) is 1.61. The summed E-state index contributed by atoms with van der Waals surface area (Å²) in [6.45, 7) is 4.05. The van der Waals surface area contributed by atoms with Crippen molar-refractivity contribution in [3.63, 3.8) is 0 Å². The first-order valence-corrected chi connectivity index (χ1v) is 5.70. The highest BCUT2D eigenvalue weighted by Crippen LogP contribution is 2.21. The molecule has 0 unspecified atom stereocenters. The molecule has 0 aromatic heterocycles. The van der Waals surface area contributed by atoms with Gasteiger partial charge in [-0.1, -0.05) is 26.0 Å². The van der Waals surface area contributed by atoms with Gasteiger partial charge in [-0.25, -0.2) is 0 Å². The summed E-state index contributed by atoms with van der Waals surface area (Å²) in [5, 5.41) is -1.30. The summed E-state index contributed by atoms with van der Waals surface area (Å²) in [4.78, 5) is 22.5. The maximum Gasteiger partial charge on any atom is 0.253 e. The first-order chi connectivity index (χ1) is 7.43. The van der Waals surface area contributed by atoms with E-state index in [2.05, 4.69) is 0 Å². The number of hydrogen-bond acceptors (Lipinski definition) is 2. The van der Waals surface area contributed by atoms with Gasteiger partial charge < -0.3 is 0 Å². The third-order valence-corrected chi connectivity index (χ3v) is 2.58. The largest absolute Gasteiger partial charge is 0.276 e. The van der Waals surface area contributed by atoms with Crippen molar-refractivity contribution in [3.05, 3.63) is 34.9 Å². The Morgan fingerprint density at radius 1 is 1.19 bits per heavy atom. The predicted molar refractivity (Wildman–Crippen MR) is 65.4 cm³/mol. The van der Waals surface area contributed by atoms with Crippen LogP contribution in [0.2, 0.25) is 0 Å². The van der Waals surface area contributed by atoms with Crippen LogP contribution in [0.25, 0.3) is 0 Å². The molecule has 16 heavy (non-hydrogen) atoms. The molecular weight excluding hydrogens is 247 g/mol. The summed E-state index contributed by atoms with van der Waals surface area (Å²) >= 11 is 10.9. The molecule has 0 fully saturated rings. The van der Waals surface area contributed by atoms with Crippen LogP contribution < -0.4 is 0 Å². The molecule has 0 aliphatic carbocycles. The van der Waals surface area contributed by atoms with Gasteiger partial charge in [-0.2, -0.15) is 0 Å². The second kappa shape index (κ2) is 5.46. The van der Waals surface area contributed by atoms with Crippen molar-refractivity contribution in [1.82, 2.24) is 0 Å². The van der Waals surface area contributed by atoms with Gasteiger partial charge >= 0.3 is 0 Å². The van der Waals surface area contributed by atoms with Gasteiger partial charge in [0, 0.05) is 11.1 Å².